The molecule has 0 heterocycles. The fourth-order valence-electron chi connectivity index (χ4n) is 1.03. The summed E-state index contributed by atoms with van der Waals surface area (Å²) in [6.07, 6.45) is -3.58. The van der Waals surface area contributed by atoms with E-state index >= 15 is 0 Å². The molecule has 0 atom stereocenters. The Morgan fingerprint density at radius 1 is 1.27 bits per heavy atom. The zero-order chi connectivity index (χ0) is 11.5. The Morgan fingerprint density at radius 3 is 2.47 bits per heavy atom. The Hall–Kier alpha value is -0.710. The van der Waals surface area contributed by atoms with Crippen LogP contribution in [0.4, 0.5) is 13.2 Å². The van der Waals surface area contributed by atoms with Crippen LogP contribution in [0.3, 0.4) is 0 Å². The molecular weight excluding hydrogens is 273 g/mol. The molecule has 84 valence electrons. The van der Waals surface area contributed by atoms with Crippen LogP contribution in [-0.2, 0) is 6.18 Å². The molecule has 0 saturated carbocycles. The third-order valence-corrected chi connectivity index (χ3v) is 2.13. The highest BCUT2D eigenvalue weighted by Gasteiger charge is 2.31. The van der Waals surface area contributed by atoms with Crippen molar-refractivity contribution in [2.24, 2.45) is 0 Å². The monoisotopic (exact) mass is 282 g/mol. The second kappa shape index (κ2) is 4.88. The maximum Gasteiger partial charge on any atom is 0.416 e. The molecule has 0 aliphatic rings. The van der Waals surface area contributed by atoms with Gasteiger partial charge in [0, 0.05) is 4.47 Å². The van der Waals surface area contributed by atoms with Crippen LogP contribution in [0.1, 0.15) is 18.9 Å². The first-order chi connectivity index (χ1) is 6.93. The predicted octanol–water partition coefficient (Wildman–Crippen LogP) is 4.26. The Morgan fingerprint density at radius 2 is 1.93 bits per heavy atom. The molecule has 15 heavy (non-hydrogen) atoms. The van der Waals surface area contributed by atoms with Crippen molar-refractivity contribution in [2.75, 3.05) is 6.61 Å². The first-order valence-corrected chi connectivity index (χ1v) is 5.23. The Balaban J connectivity index is 2.95. The molecule has 0 aromatic heterocycles. The Bertz CT molecular complexity index is 336. The van der Waals surface area contributed by atoms with E-state index in [9.17, 15) is 13.2 Å². The number of rotatable bonds is 3. The lowest BCUT2D eigenvalue weighted by molar-refractivity contribution is -0.137. The van der Waals surface area contributed by atoms with Crippen molar-refractivity contribution in [3.63, 3.8) is 0 Å². The van der Waals surface area contributed by atoms with E-state index in [0.717, 1.165) is 18.6 Å². The van der Waals surface area contributed by atoms with E-state index in [1.54, 1.807) is 0 Å². The first-order valence-electron chi connectivity index (χ1n) is 4.44. The topological polar surface area (TPSA) is 9.23 Å². The number of benzene rings is 1. The molecule has 0 fully saturated rings. The number of hydrogen-bond donors (Lipinski definition) is 0. The van der Waals surface area contributed by atoms with Crippen LogP contribution in [0, 0.1) is 0 Å². The molecule has 0 spiro atoms. The second-order valence-corrected chi connectivity index (χ2v) is 3.94. The van der Waals surface area contributed by atoms with Gasteiger partial charge in [0.05, 0.1) is 12.2 Å². The van der Waals surface area contributed by atoms with Gasteiger partial charge in [0.2, 0.25) is 0 Å². The van der Waals surface area contributed by atoms with Crippen molar-refractivity contribution in [1.82, 2.24) is 0 Å². The van der Waals surface area contributed by atoms with E-state index in [1.165, 1.54) is 6.07 Å². The van der Waals surface area contributed by atoms with E-state index < -0.39 is 11.7 Å². The molecule has 0 aliphatic carbocycles. The van der Waals surface area contributed by atoms with Gasteiger partial charge >= 0.3 is 6.18 Å². The number of halogens is 4. The summed E-state index contributed by atoms with van der Waals surface area (Å²) in [7, 11) is 0. The number of alkyl halides is 3. The summed E-state index contributed by atoms with van der Waals surface area (Å²) < 4.78 is 42.7. The van der Waals surface area contributed by atoms with E-state index in [4.69, 9.17) is 4.74 Å². The molecular formula is C10H10BrF3O. The summed E-state index contributed by atoms with van der Waals surface area (Å²) in [5.74, 6) is 0.235. The fraction of sp³-hybridized carbons (Fsp3) is 0.400. The first kappa shape index (κ1) is 12.4. The van der Waals surface area contributed by atoms with Crippen molar-refractivity contribution in [2.45, 2.75) is 19.5 Å². The fourth-order valence-corrected chi connectivity index (χ4v) is 1.50. The summed E-state index contributed by atoms with van der Waals surface area (Å²) in [6.45, 7) is 2.30. The molecule has 5 heteroatoms. The number of ether oxygens (including phenoxy) is 1. The van der Waals surface area contributed by atoms with Gasteiger partial charge in [-0.15, -0.1) is 0 Å². The maximum atomic E-state index is 12.4. The minimum absolute atomic E-state index is 0.235. The van der Waals surface area contributed by atoms with Crippen LogP contribution in [0.25, 0.3) is 0 Å². The quantitative estimate of drug-likeness (QED) is 0.805. The third kappa shape index (κ3) is 3.74. The highest BCUT2D eigenvalue weighted by Crippen LogP contribution is 2.34. The van der Waals surface area contributed by atoms with Gasteiger partial charge in [-0.2, -0.15) is 13.2 Å². The largest absolute Gasteiger partial charge is 0.494 e. The number of hydrogen-bond acceptors (Lipinski definition) is 1. The average molecular weight is 283 g/mol. The van der Waals surface area contributed by atoms with E-state index in [0.29, 0.717) is 11.1 Å². The summed E-state index contributed by atoms with van der Waals surface area (Å²) >= 11 is 3.02. The highest BCUT2D eigenvalue weighted by molar-refractivity contribution is 9.10. The molecule has 0 N–H and O–H groups in total. The minimum Gasteiger partial charge on any atom is -0.494 e. The summed E-state index contributed by atoms with van der Waals surface area (Å²) in [5.41, 5.74) is -0.706. The molecule has 0 radical (unpaired) electrons. The van der Waals surface area contributed by atoms with Gasteiger partial charge in [-0.25, -0.2) is 0 Å². The van der Waals surface area contributed by atoms with Gasteiger partial charge in [-0.05, 0) is 24.6 Å². The third-order valence-electron chi connectivity index (χ3n) is 1.67. The van der Waals surface area contributed by atoms with Gasteiger partial charge in [-0.3, -0.25) is 0 Å². The van der Waals surface area contributed by atoms with Gasteiger partial charge < -0.3 is 4.74 Å². The SMILES string of the molecule is CCCOc1cc(Br)cc(C(F)(F)F)c1. The van der Waals surface area contributed by atoms with E-state index in [-0.39, 0.29) is 5.75 Å². The maximum absolute atomic E-state index is 12.4. The molecule has 1 aromatic rings. The lowest BCUT2D eigenvalue weighted by Crippen LogP contribution is -2.05. The molecule has 1 rings (SSSR count). The van der Waals surface area contributed by atoms with Crippen LogP contribution in [0.15, 0.2) is 22.7 Å². The molecule has 0 aliphatic heterocycles. The zero-order valence-corrected chi connectivity index (χ0v) is 9.65. The molecule has 0 amide bonds. The van der Waals surface area contributed by atoms with Crippen molar-refractivity contribution in [1.29, 1.82) is 0 Å². The smallest absolute Gasteiger partial charge is 0.416 e. The lowest BCUT2D eigenvalue weighted by Gasteiger charge is -2.10. The second-order valence-electron chi connectivity index (χ2n) is 3.02. The standard InChI is InChI=1S/C10H10BrF3O/c1-2-3-15-9-5-7(10(12,13)14)4-8(11)6-9/h4-6H,2-3H2,1H3. The van der Waals surface area contributed by atoms with Gasteiger partial charge in [-0.1, -0.05) is 22.9 Å². The molecule has 0 unspecified atom stereocenters. The highest BCUT2D eigenvalue weighted by atomic mass is 79.9. The average Bonchev–Trinajstić information content (AvgIpc) is 2.12. The van der Waals surface area contributed by atoms with Gasteiger partial charge in [0.25, 0.3) is 0 Å². The lowest BCUT2D eigenvalue weighted by atomic mass is 10.2. The van der Waals surface area contributed by atoms with Crippen LogP contribution < -0.4 is 4.74 Å². The van der Waals surface area contributed by atoms with Crippen molar-refractivity contribution in [3.05, 3.63) is 28.2 Å². The molecule has 0 saturated heterocycles. The van der Waals surface area contributed by atoms with Crippen LogP contribution in [-0.4, -0.2) is 6.61 Å². The van der Waals surface area contributed by atoms with E-state index in [1.807, 2.05) is 6.92 Å². The van der Waals surface area contributed by atoms with Gasteiger partial charge in [0.15, 0.2) is 0 Å². The van der Waals surface area contributed by atoms with Crippen LogP contribution in [0.2, 0.25) is 0 Å². The zero-order valence-electron chi connectivity index (χ0n) is 8.07. The Kier molecular flexibility index (Phi) is 4.02. The minimum atomic E-state index is -4.34. The summed E-state index contributed by atoms with van der Waals surface area (Å²) in [5, 5.41) is 0. The molecule has 1 nitrogen and oxygen atoms in total. The van der Waals surface area contributed by atoms with Crippen LogP contribution in [0.5, 0.6) is 5.75 Å². The van der Waals surface area contributed by atoms with Crippen molar-refractivity contribution >= 4 is 15.9 Å². The molecule has 0 bridgehead atoms. The van der Waals surface area contributed by atoms with Crippen LogP contribution >= 0.6 is 15.9 Å². The van der Waals surface area contributed by atoms with Crippen molar-refractivity contribution in [3.8, 4) is 5.75 Å². The van der Waals surface area contributed by atoms with E-state index in [2.05, 4.69) is 15.9 Å². The summed E-state index contributed by atoms with van der Waals surface area (Å²) in [4.78, 5) is 0. The Labute approximate surface area is 94.4 Å². The van der Waals surface area contributed by atoms with Gasteiger partial charge in [0.1, 0.15) is 5.75 Å². The van der Waals surface area contributed by atoms with Crippen molar-refractivity contribution < 1.29 is 17.9 Å². The molecule has 1 aromatic carbocycles. The predicted molar refractivity (Wildman–Crippen MR) is 54.9 cm³/mol. The summed E-state index contributed by atoms with van der Waals surface area (Å²) in [6, 6.07) is 3.55. The normalized spacial score (nSPS) is 11.5.